The minimum absolute atomic E-state index is 0.338. The first-order valence-corrected chi connectivity index (χ1v) is 7.80. The van der Waals surface area contributed by atoms with Gasteiger partial charge in [-0.05, 0) is 11.6 Å². The van der Waals surface area contributed by atoms with E-state index in [2.05, 4.69) is 10.3 Å². The largest absolute Gasteiger partial charge is 0.423 e. The summed E-state index contributed by atoms with van der Waals surface area (Å²) < 4.78 is 19.9. The maximum absolute atomic E-state index is 13.0. The van der Waals surface area contributed by atoms with Gasteiger partial charge in [0.15, 0.2) is 0 Å². The lowest BCUT2D eigenvalue weighted by Gasteiger charge is -2.05. The first-order valence-electron chi connectivity index (χ1n) is 7.80. The highest BCUT2D eigenvalue weighted by atomic mass is 19.1. The second kappa shape index (κ2) is 6.32. The molecule has 0 N–H and O–H groups in total. The first kappa shape index (κ1) is 15.3. The minimum atomic E-state index is -0.703. The van der Waals surface area contributed by atoms with Crippen LogP contribution in [-0.2, 0) is 13.2 Å². The molecule has 5 nitrogen and oxygen atoms in total. The van der Waals surface area contributed by atoms with E-state index in [0.29, 0.717) is 23.1 Å². The molecule has 4 rings (SSSR count). The molecule has 0 spiro atoms. The van der Waals surface area contributed by atoms with Crippen molar-refractivity contribution in [2.75, 3.05) is 0 Å². The quantitative estimate of drug-likeness (QED) is 0.535. The zero-order valence-electron chi connectivity index (χ0n) is 13.2. The third kappa shape index (κ3) is 3.06. The van der Waals surface area contributed by atoms with Crippen LogP contribution in [0.2, 0.25) is 0 Å². The average Bonchev–Trinajstić information content (AvgIpc) is 3.10. The van der Waals surface area contributed by atoms with E-state index in [9.17, 15) is 9.18 Å². The SMILES string of the molecule is O=c1cc(CF)c2ccc(Cn3cc(-c4ccccc4)nn3)cc2o1. The summed E-state index contributed by atoms with van der Waals surface area (Å²) in [5.41, 5.74) is 2.82. The van der Waals surface area contributed by atoms with Gasteiger partial charge in [-0.25, -0.2) is 13.9 Å². The molecule has 124 valence electrons. The van der Waals surface area contributed by atoms with Crippen LogP contribution >= 0.6 is 0 Å². The molecule has 0 unspecified atom stereocenters. The zero-order chi connectivity index (χ0) is 17.2. The Hall–Kier alpha value is -3.28. The molecule has 0 aliphatic carbocycles. The molecule has 0 bridgehead atoms. The molecule has 6 heteroatoms. The third-order valence-electron chi connectivity index (χ3n) is 3.99. The van der Waals surface area contributed by atoms with Gasteiger partial charge in [-0.15, -0.1) is 5.10 Å². The molecule has 2 aromatic carbocycles. The molecule has 4 aromatic rings. The van der Waals surface area contributed by atoms with Crippen molar-refractivity contribution in [2.45, 2.75) is 13.2 Å². The second-order valence-electron chi connectivity index (χ2n) is 5.72. The van der Waals surface area contributed by atoms with Crippen molar-refractivity contribution in [3.63, 3.8) is 0 Å². The van der Waals surface area contributed by atoms with Gasteiger partial charge in [0.05, 0.1) is 12.7 Å². The molecular formula is C19H14FN3O2. The van der Waals surface area contributed by atoms with E-state index in [1.807, 2.05) is 42.6 Å². The molecule has 0 radical (unpaired) electrons. The predicted octanol–water partition coefficient (Wildman–Crippen LogP) is 3.57. The highest BCUT2D eigenvalue weighted by Gasteiger charge is 2.08. The first-order chi connectivity index (χ1) is 12.2. The minimum Gasteiger partial charge on any atom is -0.423 e. The number of fused-ring (bicyclic) bond motifs is 1. The van der Waals surface area contributed by atoms with Crippen LogP contribution < -0.4 is 5.63 Å². The normalized spacial score (nSPS) is 11.1. The van der Waals surface area contributed by atoms with Crippen LogP contribution in [0.4, 0.5) is 4.39 Å². The standard InChI is InChI=1S/C19H14FN3O2/c20-10-15-9-19(24)25-18-8-13(6-7-16(15)18)11-23-12-17(21-22-23)14-4-2-1-3-5-14/h1-9,12H,10-11H2. The lowest BCUT2D eigenvalue weighted by Crippen LogP contribution is -2.02. The van der Waals surface area contributed by atoms with Crippen LogP contribution in [0.3, 0.4) is 0 Å². The Morgan fingerprint density at radius 3 is 2.72 bits per heavy atom. The fourth-order valence-electron chi connectivity index (χ4n) is 2.79. The lowest BCUT2D eigenvalue weighted by molar-refractivity contribution is 0.481. The molecular weight excluding hydrogens is 321 g/mol. The van der Waals surface area contributed by atoms with Crippen molar-refractivity contribution in [3.05, 3.63) is 82.3 Å². The van der Waals surface area contributed by atoms with Gasteiger partial charge in [-0.2, -0.15) is 0 Å². The summed E-state index contributed by atoms with van der Waals surface area (Å²) in [7, 11) is 0. The van der Waals surface area contributed by atoms with E-state index in [0.717, 1.165) is 16.8 Å². The van der Waals surface area contributed by atoms with Crippen molar-refractivity contribution in [1.82, 2.24) is 15.0 Å². The Bertz CT molecular complexity index is 1090. The number of hydrogen-bond donors (Lipinski definition) is 0. The second-order valence-corrected chi connectivity index (χ2v) is 5.72. The third-order valence-corrected chi connectivity index (χ3v) is 3.99. The predicted molar refractivity (Wildman–Crippen MR) is 91.9 cm³/mol. The van der Waals surface area contributed by atoms with Crippen LogP contribution in [-0.4, -0.2) is 15.0 Å². The van der Waals surface area contributed by atoms with Crippen molar-refractivity contribution < 1.29 is 8.81 Å². The highest BCUT2D eigenvalue weighted by molar-refractivity contribution is 5.80. The monoisotopic (exact) mass is 335 g/mol. The zero-order valence-corrected chi connectivity index (χ0v) is 13.2. The summed E-state index contributed by atoms with van der Waals surface area (Å²) in [6.07, 6.45) is 1.85. The van der Waals surface area contributed by atoms with E-state index in [-0.39, 0.29) is 0 Å². The Morgan fingerprint density at radius 2 is 1.92 bits per heavy atom. The lowest BCUT2D eigenvalue weighted by atomic mass is 10.1. The highest BCUT2D eigenvalue weighted by Crippen LogP contribution is 2.21. The maximum atomic E-state index is 13.0. The Morgan fingerprint density at radius 1 is 1.08 bits per heavy atom. The molecule has 0 atom stereocenters. The summed E-state index contributed by atoms with van der Waals surface area (Å²) in [6.45, 7) is -0.232. The number of alkyl halides is 1. The van der Waals surface area contributed by atoms with Crippen molar-refractivity contribution in [1.29, 1.82) is 0 Å². The fourth-order valence-corrected chi connectivity index (χ4v) is 2.79. The van der Waals surface area contributed by atoms with Crippen molar-refractivity contribution in [2.24, 2.45) is 0 Å². The topological polar surface area (TPSA) is 60.9 Å². The van der Waals surface area contributed by atoms with E-state index in [1.165, 1.54) is 6.07 Å². The van der Waals surface area contributed by atoms with Gasteiger partial charge < -0.3 is 4.42 Å². The summed E-state index contributed by atoms with van der Waals surface area (Å²) in [5, 5.41) is 8.92. The smallest absolute Gasteiger partial charge is 0.336 e. The van der Waals surface area contributed by atoms with Gasteiger partial charge >= 0.3 is 5.63 Å². The molecule has 0 aliphatic heterocycles. The van der Waals surface area contributed by atoms with E-state index < -0.39 is 12.3 Å². The molecule has 0 amide bonds. The molecule has 0 saturated heterocycles. The number of benzene rings is 2. The molecule has 2 aromatic heterocycles. The maximum Gasteiger partial charge on any atom is 0.336 e. The van der Waals surface area contributed by atoms with Gasteiger partial charge in [-0.1, -0.05) is 47.7 Å². The van der Waals surface area contributed by atoms with Gasteiger partial charge in [0.2, 0.25) is 0 Å². The van der Waals surface area contributed by atoms with Gasteiger partial charge in [0.1, 0.15) is 18.0 Å². The summed E-state index contributed by atoms with van der Waals surface area (Å²) in [4.78, 5) is 11.5. The summed E-state index contributed by atoms with van der Waals surface area (Å²) in [6, 6.07) is 16.3. The van der Waals surface area contributed by atoms with Crippen molar-refractivity contribution >= 4 is 11.0 Å². The van der Waals surface area contributed by atoms with Gasteiger partial charge in [-0.3, -0.25) is 0 Å². The van der Waals surface area contributed by atoms with E-state index >= 15 is 0 Å². The van der Waals surface area contributed by atoms with Crippen LogP contribution in [0.1, 0.15) is 11.1 Å². The summed E-state index contributed by atoms with van der Waals surface area (Å²) in [5.74, 6) is 0. The molecule has 0 saturated carbocycles. The molecule has 25 heavy (non-hydrogen) atoms. The van der Waals surface area contributed by atoms with Crippen LogP contribution in [0, 0.1) is 0 Å². The number of rotatable bonds is 4. The number of nitrogens with zero attached hydrogens (tertiary/aromatic N) is 3. The Labute approximate surface area is 142 Å². The Balaban J connectivity index is 1.65. The number of halogens is 1. The van der Waals surface area contributed by atoms with Gasteiger partial charge in [0.25, 0.3) is 0 Å². The van der Waals surface area contributed by atoms with E-state index in [1.54, 1.807) is 16.8 Å². The fraction of sp³-hybridized carbons (Fsp3) is 0.105. The summed E-state index contributed by atoms with van der Waals surface area (Å²) >= 11 is 0. The average molecular weight is 335 g/mol. The molecule has 0 fully saturated rings. The number of hydrogen-bond acceptors (Lipinski definition) is 4. The molecule has 2 heterocycles. The van der Waals surface area contributed by atoms with Crippen LogP contribution in [0.15, 0.2) is 70.0 Å². The number of aromatic nitrogens is 3. The van der Waals surface area contributed by atoms with Crippen LogP contribution in [0.25, 0.3) is 22.2 Å². The van der Waals surface area contributed by atoms with E-state index in [4.69, 9.17) is 4.42 Å². The van der Waals surface area contributed by atoms with Crippen LogP contribution in [0.5, 0.6) is 0 Å². The van der Waals surface area contributed by atoms with Gasteiger partial charge in [0, 0.05) is 22.6 Å². The Kier molecular flexibility index (Phi) is 3.85. The molecule has 0 aliphatic rings. The van der Waals surface area contributed by atoms with Crippen molar-refractivity contribution in [3.8, 4) is 11.3 Å².